The molecule has 2 unspecified atom stereocenters. The van der Waals surface area contributed by atoms with E-state index in [0.717, 1.165) is 13.1 Å². The zero-order chi connectivity index (χ0) is 12.8. The van der Waals surface area contributed by atoms with Crippen molar-refractivity contribution in [3.05, 3.63) is 18.0 Å². The van der Waals surface area contributed by atoms with Crippen LogP contribution in [0.25, 0.3) is 0 Å². The van der Waals surface area contributed by atoms with Crippen molar-refractivity contribution in [2.75, 3.05) is 13.6 Å². The van der Waals surface area contributed by atoms with Gasteiger partial charge in [0.15, 0.2) is 0 Å². The van der Waals surface area contributed by atoms with Crippen LogP contribution in [0.2, 0.25) is 0 Å². The van der Waals surface area contributed by atoms with E-state index in [9.17, 15) is 0 Å². The third-order valence-electron chi connectivity index (χ3n) is 3.32. The summed E-state index contributed by atoms with van der Waals surface area (Å²) in [6.07, 6.45) is 5.19. The maximum atomic E-state index is 4.19. The summed E-state index contributed by atoms with van der Waals surface area (Å²) in [5.41, 5.74) is 1.27. The normalized spacial score (nSPS) is 15.2. The van der Waals surface area contributed by atoms with Gasteiger partial charge in [-0.1, -0.05) is 6.92 Å². The number of hydrogen-bond donors (Lipinski definition) is 1. The van der Waals surface area contributed by atoms with E-state index in [1.807, 2.05) is 17.9 Å². The fourth-order valence-corrected chi connectivity index (χ4v) is 1.67. The van der Waals surface area contributed by atoms with Crippen LogP contribution in [0, 0.1) is 0 Å². The average molecular weight is 238 g/mol. The number of nitrogens with one attached hydrogen (secondary N) is 1. The predicted octanol–water partition coefficient (Wildman–Crippen LogP) is 1.63. The zero-order valence-corrected chi connectivity index (χ0v) is 11.8. The van der Waals surface area contributed by atoms with Crippen molar-refractivity contribution in [2.24, 2.45) is 7.05 Å². The summed E-state index contributed by atoms with van der Waals surface area (Å²) in [6.45, 7) is 8.68. The van der Waals surface area contributed by atoms with Crippen LogP contribution in [0.15, 0.2) is 12.4 Å². The Morgan fingerprint density at radius 1 is 1.47 bits per heavy atom. The second kappa shape index (κ2) is 6.77. The van der Waals surface area contributed by atoms with Gasteiger partial charge in [-0.3, -0.25) is 9.58 Å². The van der Waals surface area contributed by atoms with Crippen molar-refractivity contribution in [2.45, 2.75) is 45.8 Å². The Hall–Kier alpha value is -0.870. The van der Waals surface area contributed by atoms with Crippen LogP contribution in [0.4, 0.5) is 0 Å². The highest BCUT2D eigenvalue weighted by atomic mass is 15.2. The minimum absolute atomic E-state index is 0.532. The largest absolute Gasteiger partial charge is 0.313 e. The van der Waals surface area contributed by atoms with Crippen LogP contribution in [-0.4, -0.2) is 40.4 Å². The van der Waals surface area contributed by atoms with Crippen LogP contribution in [0.5, 0.6) is 0 Å². The highest BCUT2D eigenvalue weighted by molar-refractivity contribution is 5.03. The summed E-state index contributed by atoms with van der Waals surface area (Å²) in [5.74, 6) is 0. The molecule has 1 rings (SSSR count). The summed E-state index contributed by atoms with van der Waals surface area (Å²) in [6, 6.07) is 1.13. The number of likely N-dealkylation sites (N-methyl/N-ethyl adjacent to an activating group) is 1. The fourth-order valence-electron chi connectivity index (χ4n) is 1.67. The first-order valence-electron chi connectivity index (χ1n) is 6.44. The smallest absolute Gasteiger partial charge is 0.0534 e. The Kier molecular flexibility index (Phi) is 5.65. The van der Waals surface area contributed by atoms with Crippen molar-refractivity contribution in [3.63, 3.8) is 0 Å². The quantitative estimate of drug-likeness (QED) is 0.784. The molecule has 98 valence electrons. The summed E-state index contributed by atoms with van der Waals surface area (Å²) < 4.78 is 1.85. The van der Waals surface area contributed by atoms with Crippen LogP contribution in [0.3, 0.4) is 0 Å². The van der Waals surface area contributed by atoms with E-state index < -0.39 is 0 Å². The van der Waals surface area contributed by atoms with Gasteiger partial charge in [0.2, 0.25) is 0 Å². The van der Waals surface area contributed by atoms with Gasteiger partial charge in [-0.25, -0.2) is 0 Å². The first-order chi connectivity index (χ1) is 8.02. The molecule has 0 saturated heterocycles. The van der Waals surface area contributed by atoms with Crippen LogP contribution < -0.4 is 5.32 Å². The molecule has 17 heavy (non-hydrogen) atoms. The molecule has 0 spiro atoms. The number of nitrogens with zero attached hydrogens (tertiary/aromatic N) is 3. The lowest BCUT2D eigenvalue weighted by molar-refractivity contribution is 0.237. The molecule has 1 heterocycles. The highest BCUT2D eigenvalue weighted by Crippen LogP contribution is 2.04. The predicted molar refractivity (Wildman–Crippen MR) is 71.9 cm³/mol. The average Bonchev–Trinajstić information content (AvgIpc) is 2.70. The molecule has 0 aliphatic heterocycles. The highest BCUT2D eigenvalue weighted by Gasteiger charge is 2.11. The van der Waals surface area contributed by atoms with Crippen LogP contribution in [-0.2, 0) is 13.6 Å². The van der Waals surface area contributed by atoms with E-state index in [2.05, 4.69) is 49.3 Å². The Bertz CT molecular complexity index is 321. The third-order valence-corrected chi connectivity index (χ3v) is 3.32. The number of aryl methyl sites for hydroxylation is 1. The van der Waals surface area contributed by atoms with Gasteiger partial charge in [-0.2, -0.15) is 5.10 Å². The number of hydrogen-bond acceptors (Lipinski definition) is 3. The van der Waals surface area contributed by atoms with Gasteiger partial charge in [0, 0.05) is 44.0 Å². The molecule has 4 nitrogen and oxygen atoms in total. The van der Waals surface area contributed by atoms with Crippen LogP contribution >= 0.6 is 0 Å². The van der Waals surface area contributed by atoms with E-state index in [-0.39, 0.29) is 0 Å². The Labute approximate surface area is 105 Å². The zero-order valence-electron chi connectivity index (χ0n) is 11.8. The minimum atomic E-state index is 0.532. The van der Waals surface area contributed by atoms with Crippen molar-refractivity contribution >= 4 is 0 Å². The molecule has 0 bridgehead atoms. The third kappa shape index (κ3) is 4.88. The van der Waals surface area contributed by atoms with E-state index in [4.69, 9.17) is 0 Å². The van der Waals surface area contributed by atoms with E-state index in [1.54, 1.807) is 0 Å². The molecule has 0 radical (unpaired) electrons. The summed E-state index contributed by atoms with van der Waals surface area (Å²) in [7, 11) is 4.12. The fraction of sp³-hybridized carbons (Fsp3) is 0.769. The molecular formula is C13H26N4. The Morgan fingerprint density at radius 2 is 2.18 bits per heavy atom. The molecule has 0 aliphatic rings. The van der Waals surface area contributed by atoms with Gasteiger partial charge in [0.05, 0.1) is 6.20 Å². The Morgan fingerprint density at radius 3 is 2.71 bits per heavy atom. The molecule has 0 aromatic carbocycles. The van der Waals surface area contributed by atoms with Gasteiger partial charge < -0.3 is 5.32 Å². The molecule has 0 aliphatic carbocycles. The topological polar surface area (TPSA) is 33.1 Å². The number of rotatable bonds is 7. The van der Waals surface area contributed by atoms with Gasteiger partial charge in [0.25, 0.3) is 0 Å². The summed E-state index contributed by atoms with van der Waals surface area (Å²) in [5, 5.41) is 7.73. The lowest BCUT2D eigenvalue weighted by Gasteiger charge is -2.25. The molecule has 4 heteroatoms. The van der Waals surface area contributed by atoms with Crippen molar-refractivity contribution in [1.29, 1.82) is 0 Å². The molecule has 1 N–H and O–H groups in total. The molecule has 1 aromatic rings. The maximum Gasteiger partial charge on any atom is 0.0534 e. The van der Waals surface area contributed by atoms with Gasteiger partial charge in [0.1, 0.15) is 0 Å². The lowest BCUT2D eigenvalue weighted by atomic mass is 10.2. The second-order valence-corrected chi connectivity index (χ2v) is 5.00. The van der Waals surface area contributed by atoms with Crippen molar-refractivity contribution < 1.29 is 0 Å². The number of aromatic nitrogens is 2. The lowest BCUT2D eigenvalue weighted by Crippen LogP contribution is -2.40. The monoisotopic (exact) mass is 238 g/mol. The summed E-state index contributed by atoms with van der Waals surface area (Å²) in [4.78, 5) is 2.35. The molecule has 0 amide bonds. The molecule has 0 fully saturated rings. The molecular weight excluding hydrogens is 212 g/mol. The SMILES string of the molecule is CCC(C)NCC(C)N(C)Cc1cnn(C)c1. The molecule has 2 atom stereocenters. The molecule has 1 aromatic heterocycles. The van der Waals surface area contributed by atoms with E-state index in [0.29, 0.717) is 12.1 Å². The summed E-state index contributed by atoms with van der Waals surface area (Å²) >= 11 is 0. The first kappa shape index (κ1) is 14.2. The van der Waals surface area contributed by atoms with Gasteiger partial charge in [-0.05, 0) is 27.3 Å². The van der Waals surface area contributed by atoms with Crippen molar-refractivity contribution in [3.8, 4) is 0 Å². The van der Waals surface area contributed by atoms with Gasteiger partial charge in [-0.15, -0.1) is 0 Å². The molecule has 0 saturated carbocycles. The van der Waals surface area contributed by atoms with Crippen molar-refractivity contribution in [1.82, 2.24) is 20.0 Å². The van der Waals surface area contributed by atoms with E-state index >= 15 is 0 Å². The van der Waals surface area contributed by atoms with Gasteiger partial charge >= 0.3 is 0 Å². The van der Waals surface area contributed by atoms with Crippen LogP contribution in [0.1, 0.15) is 32.8 Å². The second-order valence-electron chi connectivity index (χ2n) is 5.00. The maximum absolute atomic E-state index is 4.19. The first-order valence-corrected chi connectivity index (χ1v) is 6.44. The minimum Gasteiger partial charge on any atom is -0.313 e. The Balaban J connectivity index is 2.33. The van der Waals surface area contributed by atoms with E-state index in [1.165, 1.54) is 12.0 Å². The standard InChI is InChI=1S/C13H26N4/c1-6-11(2)14-7-12(3)16(4)9-13-8-15-17(5)10-13/h8,10-12,14H,6-7,9H2,1-5H3.